The molecule has 2 N–H and O–H groups in total. The monoisotopic (exact) mass is 293 g/mol. The number of carbonyl (C=O) groups is 1. The number of ether oxygens (including phenoxy) is 3. The van der Waals surface area contributed by atoms with Crippen molar-refractivity contribution in [1.29, 1.82) is 0 Å². The number of nitrogen functional groups attached to an aromatic ring is 1. The lowest BCUT2D eigenvalue weighted by atomic mass is 9.95. The second-order valence-corrected chi connectivity index (χ2v) is 5.24. The Bertz CT molecular complexity index is 489. The Hall–Kier alpha value is -1.75. The highest BCUT2D eigenvalue weighted by atomic mass is 16.5. The minimum atomic E-state index is -0.368. The summed E-state index contributed by atoms with van der Waals surface area (Å²) in [4.78, 5) is 11.6. The lowest BCUT2D eigenvalue weighted by Crippen LogP contribution is -2.29. The number of rotatable bonds is 5. The van der Waals surface area contributed by atoms with Crippen molar-refractivity contribution in [2.24, 2.45) is 0 Å². The lowest BCUT2D eigenvalue weighted by molar-refractivity contribution is 0.0212. The summed E-state index contributed by atoms with van der Waals surface area (Å²) < 4.78 is 16.3. The van der Waals surface area contributed by atoms with Crippen LogP contribution in [0.5, 0.6) is 5.75 Å². The summed E-state index contributed by atoms with van der Waals surface area (Å²) in [5.74, 6) is 0.248. The number of methoxy groups -OCH3 is 1. The van der Waals surface area contributed by atoms with Gasteiger partial charge in [-0.15, -0.1) is 0 Å². The van der Waals surface area contributed by atoms with Crippen molar-refractivity contribution in [2.45, 2.75) is 44.8 Å². The summed E-state index contributed by atoms with van der Waals surface area (Å²) in [7, 11) is 1.73. The standard InChI is InChI=1S/C16H23NO4/c1-3-20-16(18)11-7-8-15(14(17)9-11)21-13-6-4-5-12(10-13)19-2/h7-9,12-13H,3-6,10,17H2,1-2H3. The molecule has 1 aliphatic rings. The molecule has 1 saturated carbocycles. The first kappa shape index (κ1) is 15.6. The number of esters is 1. The third-order valence-electron chi connectivity index (χ3n) is 3.73. The van der Waals surface area contributed by atoms with Gasteiger partial charge in [0.15, 0.2) is 0 Å². The summed E-state index contributed by atoms with van der Waals surface area (Å²) in [5.41, 5.74) is 6.88. The van der Waals surface area contributed by atoms with Crippen molar-refractivity contribution in [2.75, 3.05) is 19.5 Å². The van der Waals surface area contributed by atoms with Gasteiger partial charge in [-0.05, 0) is 44.4 Å². The van der Waals surface area contributed by atoms with E-state index in [-0.39, 0.29) is 18.2 Å². The molecule has 1 aromatic rings. The molecule has 2 atom stereocenters. The molecular formula is C16H23NO4. The molecule has 0 amide bonds. The summed E-state index contributed by atoms with van der Waals surface area (Å²) in [5, 5.41) is 0. The van der Waals surface area contributed by atoms with Crippen LogP contribution in [0.3, 0.4) is 0 Å². The molecule has 0 bridgehead atoms. The molecule has 1 aromatic carbocycles. The van der Waals surface area contributed by atoms with Gasteiger partial charge in [-0.3, -0.25) is 0 Å². The molecule has 0 saturated heterocycles. The largest absolute Gasteiger partial charge is 0.488 e. The van der Waals surface area contributed by atoms with Gasteiger partial charge >= 0.3 is 5.97 Å². The second-order valence-electron chi connectivity index (χ2n) is 5.24. The van der Waals surface area contributed by atoms with Gasteiger partial charge in [0.2, 0.25) is 0 Å². The molecule has 2 unspecified atom stereocenters. The van der Waals surface area contributed by atoms with E-state index in [1.54, 1.807) is 32.2 Å². The van der Waals surface area contributed by atoms with Gasteiger partial charge in [-0.1, -0.05) is 0 Å². The predicted octanol–water partition coefficient (Wildman–Crippen LogP) is 2.78. The highest BCUT2D eigenvalue weighted by Crippen LogP contribution is 2.29. The Morgan fingerprint density at radius 3 is 2.76 bits per heavy atom. The van der Waals surface area contributed by atoms with E-state index in [0.29, 0.717) is 23.6 Å². The Morgan fingerprint density at radius 1 is 1.33 bits per heavy atom. The lowest BCUT2D eigenvalue weighted by Gasteiger charge is -2.29. The number of carbonyl (C=O) groups excluding carboxylic acids is 1. The number of hydrogen-bond acceptors (Lipinski definition) is 5. The van der Waals surface area contributed by atoms with Crippen LogP contribution in [0.1, 0.15) is 43.0 Å². The van der Waals surface area contributed by atoms with Gasteiger partial charge in [-0.2, -0.15) is 0 Å². The van der Waals surface area contributed by atoms with Gasteiger partial charge < -0.3 is 19.9 Å². The van der Waals surface area contributed by atoms with E-state index in [1.807, 2.05) is 0 Å². The van der Waals surface area contributed by atoms with Crippen LogP contribution in [0, 0.1) is 0 Å². The average Bonchev–Trinajstić information content (AvgIpc) is 2.49. The van der Waals surface area contributed by atoms with Crippen LogP contribution in [0.4, 0.5) is 5.69 Å². The fourth-order valence-corrected chi connectivity index (χ4v) is 2.60. The quantitative estimate of drug-likeness (QED) is 0.667. The Kier molecular flexibility index (Phi) is 5.44. The Morgan fingerprint density at radius 2 is 2.10 bits per heavy atom. The van der Waals surface area contributed by atoms with Crippen LogP contribution >= 0.6 is 0 Å². The fraction of sp³-hybridized carbons (Fsp3) is 0.562. The predicted molar refractivity (Wildman–Crippen MR) is 80.5 cm³/mol. The van der Waals surface area contributed by atoms with E-state index in [2.05, 4.69) is 0 Å². The summed E-state index contributed by atoms with van der Waals surface area (Å²) in [6, 6.07) is 5.02. The highest BCUT2D eigenvalue weighted by molar-refractivity contribution is 5.91. The van der Waals surface area contributed by atoms with Crippen molar-refractivity contribution in [3.05, 3.63) is 23.8 Å². The zero-order valence-electron chi connectivity index (χ0n) is 12.6. The molecule has 0 radical (unpaired) electrons. The van der Waals surface area contributed by atoms with E-state index in [9.17, 15) is 4.79 Å². The molecule has 21 heavy (non-hydrogen) atoms. The number of anilines is 1. The Balaban J connectivity index is 2.02. The molecule has 0 aliphatic heterocycles. The fourth-order valence-electron chi connectivity index (χ4n) is 2.60. The van der Waals surface area contributed by atoms with Gasteiger partial charge in [0, 0.05) is 13.5 Å². The first-order valence-corrected chi connectivity index (χ1v) is 7.40. The van der Waals surface area contributed by atoms with E-state index >= 15 is 0 Å². The SMILES string of the molecule is CCOC(=O)c1ccc(OC2CCCC(OC)C2)c(N)c1. The molecular weight excluding hydrogens is 270 g/mol. The Labute approximate surface area is 125 Å². The van der Waals surface area contributed by atoms with Gasteiger partial charge in [0.05, 0.1) is 24.0 Å². The minimum absolute atomic E-state index is 0.111. The van der Waals surface area contributed by atoms with E-state index in [0.717, 1.165) is 25.7 Å². The summed E-state index contributed by atoms with van der Waals surface area (Å²) in [6.45, 7) is 2.12. The van der Waals surface area contributed by atoms with Crippen molar-refractivity contribution < 1.29 is 19.0 Å². The second kappa shape index (κ2) is 7.31. The molecule has 0 aromatic heterocycles. The molecule has 5 nitrogen and oxygen atoms in total. The molecule has 5 heteroatoms. The number of hydrogen-bond donors (Lipinski definition) is 1. The minimum Gasteiger partial charge on any atom is -0.488 e. The van der Waals surface area contributed by atoms with Crippen LogP contribution in [0.2, 0.25) is 0 Å². The average molecular weight is 293 g/mol. The van der Waals surface area contributed by atoms with Crippen LogP contribution in [-0.2, 0) is 9.47 Å². The summed E-state index contributed by atoms with van der Waals surface area (Å²) in [6.07, 6.45) is 4.40. The normalized spacial score (nSPS) is 21.8. The molecule has 0 heterocycles. The van der Waals surface area contributed by atoms with E-state index < -0.39 is 0 Å². The van der Waals surface area contributed by atoms with E-state index in [4.69, 9.17) is 19.9 Å². The zero-order chi connectivity index (χ0) is 15.2. The van der Waals surface area contributed by atoms with Crippen molar-refractivity contribution >= 4 is 11.7 Å². The van der Waals surface area contributed by atoms with Crippen LogP contribution < -0.4 is 10.5 Å². The first-order chi connectivity index (χ1) is 10.1. The first-order valence-electron chi connectivity index (χ1n) is 7.40. The van der Waals surface area contributed by atoms with Crippen LogP contribution in [0.15, 0.2) is 18.2 Å². The third kappa shape index (κ3) is 4.11. The number of benzene rings is 1. The smallest absolute Gasteiger partial charge is 0.338 e. The highest BCUT2D eigenvalue weighted by Gasteiger charge is 2.23. The molecule has 116 valence electrons. The number of nitrogens with two attached hydrogens (primary N) is 1. The zero-order valence-corrected chi connectivity index (χ0v) is 12.6. The van der Waals surface area contributed by atoms with Gasteiger partial charge in [0.25, 0.3) is 0 Å². The molecule has 1 fully saturated rings. The van der Waals surface area contributed by atoms with Crippen molar-refractivity contribution in [1.82, 2.24) is 0 Å². The van der Waals surface area contributed by atoms with Gasteiger partial charge in [-0.25, -0.2) is 4.79 Å². The van der Waals surface area contributed by atoms with Crippen LogP contribution in [0.25, 0.3) is 0 Å². The molecule has 1 aliphatic carbocycles. The molecule has 2 rings (SSSR count). The van der Waals surface area contributed by atoms with Crippen molar-refractivity contribution in [3.63, 3.8) is 0 Å². The van der Waals surface area contributed by atoms with Crippen LogP contribution in [-0.4, -0.2) is 31.9 Å². The van der Waals surface area contributed by atoms with Crippen molar-refractivity contribution in [3.8, 4) is 5.75 Å². The van der Waals surface area contributed by atoms with Gasteiger partial charge in [0.1, 0.15) is 11.9 Å². The summed E-state index contributed by atoms with van der Waals surface area (Å²) >= 11 is 0. The topological polar surface area (TPSA) is 70.8 Å². The maximum atomic E-state index is 11.6. The molecule has 0 spiro atoms. The van der Waals surface area contributed by atoms with E-state index in [1.165, 1.54) is 0 Å². The maximum absolute atomic E-state index is 11.6. The maximum Gasteiger partial charge on any atom is 0.338 e. The third-order valence-corrected chi connectivity index (χ3v) is 3.73.